The number of amides is 1. The van der Waals surface area contributed by atoms with Crippen molar-refractivity contribution in [2.75, 3.05) is 6.54 Å². The van der Waals surface area contributed by atoms with E-state index in [-0.39, 0.29) is 23.6 Å². The smallest absolute Gasteiger partial charge is 0.295 e. The lowest BCUT2D eigenvalue weighted by molar-refractivity contribution is -0.384. The number of imidazole rings is 1. The Morgan fingerprint density at radius 3 is 2.58 bits per heavy atom. The zero-order chi connectivity index (χ0) is 23.5. The fraction of sp³-hybridized carbons (Fsp3) is 0.174. The number of benzene rings is 2. The third-order valence-electron chi connectivity index (χ3n) is 5.43. The van der Waals surface area contributed by atoms with Gasteiger partial charge < -0.3 is 14.6 Å². The van der Waals surface area contributed by atoms with Crippen molar-refractivity contribution in [3.8, 4) is 0 Å². The number of carbonyl (C=O) groups excluding carboxylic acids is 2. The molecular weight excluding hydrogens is 448 g/mol. The Morgan fingerprint density at radius 1 is 1.15 bits per heavy atom. The van der Waals surface area contributed by atoms with Crippen molar-refractivity contribution in [1.29, 1.82) is 0 Å². The zero-order valence-electron chi connectivity index (χ0n) is 17.3. The van der Waals surface area contributed by atoms with Crippen molar-refractivity contribution in [2.24, 2.45) is 0 Å². The summed E-state index contributed by atoms with van der Waals surface area (Å²) in [4.78, 5) is 42.1. The Bertz CT molecular complexity index is 1240. The molecule has 33 heavy (non-hydrogen) atoms. The van der Waals surface area contributed by atoms with E-state index in [1.807, 2.05) is 4.57 Å². The summed E-state index contributed by atoms with van der Waals surface area (Å²) in [7, 11) is 0. The molecule has 3 aromatic rings. The largest absolute Gasteiger partial charge is 0.507 e. The number of hydrogen-bond acceptors (Lipinski definition) is 6. The number of aliphatic hydroxyl groups is 1. The number of aromatic nitrogens is 2. The van der Waals surface area contributed by atoms with E-state index in [4.69, 9.17) is 11.6 Å². The van der Waals surface area contributed by atoms with Crippen molar-refractivity contribution < 1.29 is 19.6 Å². The molecule has 4 rings (SSSR count). The normalized spacial score (nSPS) is 17.5. The summed E-state index contributed by atoms with van der Waals surface area (Å²) in [6.07, 6.45) is 5.58. The minimum absolute atomic E-state index is 0.120. The van der Waals surface area contributed by atoms with Gasteiger partial charge in [0.2, 0.25) is 0 Å². The molecule has 0 spiro atoms. The van der Waals surface area contributed by atoms with Gasteiger partial charge in [-0.15, -0.1) is 0 Å². The third kappa shape index (κ3) is 4.49. The molecule has 1 aliphatic rings. The number of nitrogens with zero attached hydrogens (tertiary/aromatic N) is 4. The van der Waals surface area contributed by atoms with Crippen molar-refractivity contribution in [1.82, 2.24) is 14.5 Å². The van der Waals surface area contributed by atoms with Gasteiger partial charge in [-0.2, -0.15) is 0 Å². The number of hydrogen-bond donors (Lipinski definition) is 1. The van der Waals surface area contributed by atoms with Gasteiger partial charge in [-0.3, -0.25) is 19.7 Å². The van der Waals surface area contributed by atoms with E-state index in [2.05, 4.69) is 4.98 Å². The molecule has 1 fully saturated rings. The first-order chi connectivity index (χ1) is 15.9. The highest BCUT2D eigenvalue weighted by Gasteiger charge is 2.46. The maximum atomic E-state index is 13.0. The summed E-state index contributed by atoms with van der Waals surface area (Å²) < 4.78 is 1.84. The van der Waals surface area contributed by atoms with Gasteiger partial charge in [0.15, 0.2) is 0 Å². The molecule has 1 N–H and O–H groups in total. The molecule has 168 valence electrons. The molecule has 0 bridgehead atoms. The minimum Gasteiger partial charge on any atom is -0.507 e. The van der Waals surface area contributed by atoms with Crippen molar-refractivity contribution in [3.05, 3.63) is 99.1 Å². The summed E-state index contributed by atoms with van der Waals surface area (Å²) >= 11 is 5.92. The summed E-state index contributed by atoms with van der Waals surface area (Å²) in [5.74, 6) is -1.98. The Hall–Kier alpha value is -3.98. The summed E-state index contributed by atoms with van der Waals surface area (Å²) in [5.41, 5.74) is 0.376. The highest BCUT2D eigenvalue weighted by Crippen LogP contribution is 2.40. The van der Waals surface area contributed by atoms with Crippen LogP contribution in [0.3, 0.4) is 0 Å². The number of non-ortho nitro benzene ring substituents is 1. The number of nitro benzene ring substituents is 1. The maximum Gasteiger partial charge on any atom is 0.295 e. The molecule has 0 aliphatic carbocycles. The van der Waals surface area contributed by atoms with E-state index in [0.717, 1.165) is 0 Å². The Morgan fingerprint density at radius 2 is 1.91 bits per heavy atom. The molecule has 0 saturated carbocycles. The highest BCUT2D eigenvalue weighted by molar-refractivity contribution is 6.46. The minimum atomic E-state index is -0.969. The van der Waals surface area contributed by atoms with E-state index in [1.54, 1.807) is 36.9 Å². The SMILES string of the molecule is O=C1C(=O)N(CCCn2ccnc2)[C@H](c2cccc([N+](=O)[O-])c2)/C1=C(\O)c1ccc(Cl)cc1. The van der Waals surface area contributed by atoms with E-state index < -0.39 is 22.7 Å². The lowest BCUT2D eigenvalue weighted by atomic mass is 9.95. The van der Waals surface area contributed by atoms with Gasteiger partial charge in [0.05, 0.1) is 22.9 Å². The quantitative estimate of drug-likeness (QED) is 0.185. The second kappa shape index (κ2) is 9.25. The average Bonchev–Trinajstić information content (AvgIpc) is 3.41. The lowest BCUT2D eigenvalue weighted by Crippen LogP contribution is -2.31. The van der Waals surface area contributed by atoms with E-state index in [9.17, 15) is 24.8 Å². The van der Waals surface area contributed by atoms with Crippen LogP contribution in [-0.4, -0.2) is 42.7 Å². The van der Waals surface area contributed by atoms with Crippen LogP contribution in [0.4, 0.5) is 5.69 Å². The van der Waals surface area contributed by atoms with Crippen molar-refractivity contribution in [2.45, 2.75) is 19.0 Å². The van der Waals surface area contributed by atoms with Gasteiger partial charge in [-0.1, -0.05) is 23.7 Å². The summed E-state index contributed by atoms with van der Waals surface area (Å²) in [6, 6.07) is 10.9. The number of nitro groups is 1. The van der Waals surface area contributed by atoms with Crippen molar-refractivity contribution in [3.63, 3.8) is 0 Å². The number of aliphatic hydroxyl groups excluding tert-OH is 1. The molecule has 1 aromatic heterocycles. The molecule has 1 aliphatic heterocycles. The summed E-state index contributed by atoms with van der Waals surface area (Å²) in [6.45, 7) is 0.759. The van der Waals surface area contributed by atoms with Crippen molar-refractivity contribution >= 4 is 34.7 Å². The van der Waals surface area contributed by atoms with E-state index in [0.29, 0.717) is 29.1 Å². The fourth-order valence-corrected chi connectivity index (χ4v) is 4.00. The van der Waals surface area contributed by atoms with Crippen LogP contribution in [0.15, 0.2) is 72.8 Å². The molecule has 1 amide bonds. The second-order valence-corrected chi connectivity index (χ2v) is 7.94. The highest BCUT2D eigenvalue weighted by atomic mass is 35.5. The predicted molar refractivity (Wildman–Crippen MR) is 120 cm³/mol. The first-order valence-electron chi connectivity index (χ1n) is 10.1. The van der Waals surface area contributed by atoms with E-state index >= 15 is 0 Å². The predicted octanol–water partition coefficient (Wildman–Crippen LogP) is 3.96. The van der Waals surface area contributed by atoms with Crippen LogP contribution < -0.4 is 0 Å². The molecule has 0 unspecified atom stereocenters. The number of ketones is 1. The number of rotatable bonds is 7. The van der Waals surface area contributed by atoms with Gasteiger partial charge in [-0.25, -0.2) is 4.98 Å². The standard InChI is InChI=1S/C23H19ClN4O5/c24-17-7-5-15(6-8-17)21(29)19-20(16-3-1-4-18(13-16)28(32)33)27(23(31)22(19)30)11-2-10-26-12-9-25-14-26/h1,3-9,12-14,20,29H,2,10-11H2/b21-19+/t20-/m1/s1. The van der Waals surface area contributed by atoms with Crippen LogP contribution in [0.2, 0.25) is 5.02 Å². The first-order valence-corrected chi connectivity index (χ1v) is 10.5. The molecule has 0 radical (unpaired) electrons. The van der Waals surface area contributed by atoms with Crippen LogP contribution in [0.25, 0.3) is 5.76 Å². The van der Waals surface area contributed by atoms with Crippen LogP contribution in [-0.2, 0) is 16.1 Å². The Labute approximate surface area is 193 Å². The molecule has 2 heterocycles. The van der Waals surface area contributed by atoms with Crippen LogP contribution >= 0.6 is 11.6 Å². The number of likely N-dealkylation sites (tertiary alicyclic amines) is 1. The Kier molecular flexibility index (Phi) is 6.23. The van der Waals surface area contributed by atoms with Gasteiger partial charge >= 0.3 is 0 Å². The summed E-state index contributed by atoms with van der Waals surface area (Å²) in [5, 5.41) is 22.8. The number of carbonyl (C=O) groups is 2. The topological polar surface area (TPSA) is 119 Å². The second-order valence-electron chi connectivity index (χ2n) is 7.51. The molecule has 1 atom stereocenters. The maximum absolute atomic E-state index is 13.0. The number of halogens is 1. The van der Waals surface area contributed by atoms with E-state index in [1.165, 1.54) is 35.2 Å². The van der Waals surface area contributed by atoms with Crippen LogP contribution in [0.1, 0.15) is 23.6 Å². The lowest BCUT2D eigenvalue weighted by Gasteiger charge is -2.25. The molecule has 1 saturated heterocycles. The average molecular weight is 467 g/mol. The van der Waals surface area contributed by atoms with Crippen LogP contribution in [0.5, 0.6) is 0 Å². The van der Waals surface area contributed by atoms with Crippen LogP contribution in [0, 0.1) is 10.1 Å². The zero-order valence-corrected chi connectivity index (χ0v) is 18.1. The molecule has 9 nitrogen and oxygen atoms in total. The van der Waals surface area contributed by atoms with Gasteiger partial charge in [0, 0.05) is 48.2 Å². The van der Waals surface area contributed by atoms with Gasteiger partial charge in [-0.05, 0) is 36.2 Å². The van der Waals surface area contributed by atoms with Gasteiger partial charge in [0.25, 0.3) is 17.4 Å². The molecule has 10 heteroatoms. The fourth-order valence-electron chi connectivity index (χ4n) is 3.87. The third-order valence-corrected chi connectivity index (χ3v) is 5.68. The number of aryl methyl sites for hydroxylation is 1. The monoisotopic (exact) mass is 466 g/mol. The molecule has 2 aromatic carbocycles. The molecular formula is C23H19ClN4O5. The first kappa shape index (κ1) is 22.2. The number of Topliss-reactive ketones (excluding diaryl/α,β-unsaturated/α-hetero) is 1. The Balaban J connectivity index is 1.76. The van der Waals surface area contributed by atoms with Gasteiger partial charge in [0.1, 0.15) is 5.76 Å².